The van der Waals surface area contributed by atoms with E-state index in [-0.39, 0.29) is 36.0 Å². The zero-order valence-electron chi connectivity index (χ0n) is 19.0. The third-order valence-corrected chi connectivity index (χ3v) is 5.66. The maximum atomic E-state index is 9.53. The Balaban J connectivity index is 0.00000450. The first-order valence-corrected chi connectivity index (χ1v) is 11.1. The van der Waals surface area contributed by atoms with Crippen LogP contribution >= 0.6 is 24.0 Å². The van der Waals surface area contributed by atoms with Gasteiger partial charge >= 0.3 is 0 Å². The number of aliphatic hydroxyl groups excluding tert-OH is 1. The van der Waals surface area contributed by atoms with Gasteiger partial charge in [-0.25, -0.2) is 4.99 Å². The topological polar surface area (TPSA) is 69.1 Å². The lowest BCUT2D eigenvalue weighted by molar-refractivity contribution is 0.131. The number of nitrogens with zero attached hydrogens (tertiary/aromatic N) is 2. The molecule has 30 heavy (non-hydrogen) atoms. The van der Waals surface area contributed by atoms with Crippen LogP contribution in [0.5, 0.6) is 5.75 Å². The molecule has 0 spiro atoms. The van der Waals surface area contributed by atoms with Crippen molar-refractivity contribution in [3.63, 3.8) is 0 Å². The monoisotopic (exact) mass is 532 g/mol. The molecule has 0 amide bonds. The van der Waals surface area contributed by atoms with Gasteiger partial charge in [-0.15, -0.1) is 24.0 Å². The summed E-state index contributed by atoms with van der Waals surface area (Å²) in [5.41, 5.74) is 1.33. The van der Waals surface area contributed by atoms with Crippen molar-refractivity contribution < 1.29 is 9.84 Å². The van der Waals surface area contributed by atoms with Crippen LogP contribution in [0.25, 0.3) is 0 Å². The number of aliphatic hydroxyl groups is 1. The van der Waals surface area contributed by atoms with Gasteiger partial charge in [-0.2, -0.15) is 0 Å². The number of aliphatic imine (C=N–C) groups is 1. The van der Waals surface area contributed by atoms with E-state index in [0.717, 1.165) is 43.3 Å². The molecular weight excluding hydrogens is 491 g/mol. The highest BCUT2D eigenvalue weighted by Gasteiger charge is 2.31. The van der Waals surface area contributed by atoms with Crippen molar-refractivity contribution >= 4 is 29.9 Å². The number of benzene rings is 1. The lowest BCUT2D eigenvalue weighted by Gasteiger charge is -2.37. The average molecular weight is 533 g/mol. The van der Waals surface area contributed by atoms with E-state index in [4.69, 9.17) is 9.73 Å². The Morgan fingerprint density at radius 2 is 1.97 bits per heavy atom. The third kappa shape index (κ3) is 9.83. The summed E-state index contributed by atoms with van der Waals surface area (Å²) in [7, 11) is 4.09. The van der Waals surface area contributed by atoms with E-state index in [1.165, 1.54) is 32.1 Å². The van der Waals surface area contributed by atoms with Gasteiger partial charge in [0.15, 0.2) is 5.96 Å². The van der Waals surface area contributed by atoms with Gasteiger partial charge in [0, 0.05) is 26.2 Å². The lowest BCUT2D eigenvalue weighted by atomic mass is 9.72. The Morgan fingerprint density at radius 1 is 1.20 bits per heavy atom. The smallest absolute Gasteiger partial charge is 0.191 e. The molecule has 6 nitrogen and oxygen atoms in total. The van der Waals surface area contributed by atoms with E-state index in [0.29, 0.717) is 13.2 Å². The molecule has 0 aromatic heterocycles. The van der Waals surface area contributed by atoms with Crippen molar-refractivity contribution in [2.45, 2.75) is 52.0 Å². The molecular formula is C23H41IN4O2. The Kier molecular flexibility index (Phi) is 13.4. The van der Waals surface area contributed by atoms with Crippen LogP contribution in [0.2, 0.25) is 0 Å². The average Bonchev–Trinajstić information content (AvgIpc) is 2.71. The van der Waals surface area contributed by atoms with Crippen LogP contribution in [0.3, 0.4) is 0 Å². The van der Waals surface area contributed by atoms with Crippen molar-refractivity contribution in [2.24, 2.45) is 10.4 Å². The van der Waals surface area contributed by atoms with E-state index in [2.05, 4.69) is 34.6 Å². The van der Waals surface area contributed by atoms with E-state index in [1.807, 2.05) is 26.2 Å². The molecule has 1 aliphatic rings. The molecule has 1 aliphatic carbocycles. The summed E-state index contributed by atoms with van der Waals surface area (Å²) in [6.07, 6.45) is 7.07. The minimum absolute atomic E-state index is 0. The molecule has 0 radical (unpaired) electrons. The minimum Gasteiger partial charge on any atom is -0.492 e. The zero-order valence-corrected chi connectivity index (χ0v) is 21.3. The molecule has 7 heteroatoms. The fourth-order valence-electron chi connectivity index (χ4n) is 3.92. The van der Waals surface area contributed by atoms with Crippen LogP contribution in [-0.4, -0.2) is 62.9 Å². The third-order valence-electron chi connectivity index (χ3n) is 5.66. The van der Waals surface area contributed by atoms with Crippen molar-refractivity contribution in [3.05, 3.63) is 29.8 Å². The van der Waals surface area contributed by atoms with E-state index in [1.54, 1.807) is 0 Å². The summed E-state index contributed by atoms with van der Waals surface area (Å²) in [4.78, 5) is 6.89. The molecule has 172 valence electrons. The number of nitrogens with one attached hydrogen (secondary N) is 2. The summed E-state index contributed by atoms with van der Waals surface area (Å²) in [5.74, 6) is 1.73. The first-order valence-electron chi connectivity index (χ1n) is 11.1. The van der Waals surface area contributed by atoms with Crippen LogP contribution in [-0.2, 0) is 6.54 Å². The highest BCUT2D eigenvalue weighted by atomic mass is 127. The Labute approximate surface area is 199 Å². The molecule has 0 bridgehead atoms. The molecule has 1 fully saturated rings. The second kappa shape index (κ2) is 14.9. The number of likely N-dealkylation sites (N-methyl/N-ethyl adjacent to an activating group) is 1. The number of guanidine groups is 1. The van der Waals surface area contributed by atoms with Crippen LogP contribution in [0.4, 0.5) is 0 Å². The summed E-state index contributed by atoms with van der Waals surface area (Å²) in [6.45, 7) is 6.21. The molecule has 0 unspecified atom stereocenters. The Morgan fingerprint density at radius 3 is 2.63 bits per heavy atom. The van der Waals surface area contributed by atoms with Gasteiger partial charge in [-0.1, -0.05) is 31.4 Å². The minimum atomic E-state index is 0. The van der Waals surface area contributed by atoms with Crippen LogP contribution in [0.15, 0.2) is 29.3 Å². The van der Waals surface area contributed by atoms with Crippen LogP contribution < -0.4 is 15.4 Å². The standard InChI is InChI=1S/C23H40N4O2.HI/c1-4-24-22(26-19-23(13-15-28)11-6-5-7-12-23)25-18-20-9-8-10-21(17-20)29-16-14-27(2)3;/h8-10,17,28H,4-7,11-16,18-19H2,1-3H3,(H2,24,25,26);1H. The highest BCUT2D eigenvalue weighted by Crippen LogP contribution is 2.38. The number of rotatable bonds is 11. The summed E-state index contributed by atoms with van der Waals surface area (Å²) >= 11 is 0. The number of ether oxygens (including phenoxy) is 1. The van der Waals surface area contributed by atoms with Crippen molar-refractivity contribution in [1.29, 1.82) is 0 Å². The number of hydrogen-bond acceptors (Lipinski definition) is 4. The molecule has 0 atom stereocenters. The summed E-state index contributed by atoms with van der Waals surface area (Å²) in [5, 5.41) is 16.4. The first-order chi connectivity index (χ1) is 14.1. The van der Waals surface area contributed by atoms with Crippen LogP contribution in [0.1, 0.15) is 51.0 Å². The molecule has 0 aliphatic heterocycles. The molecule has 3 N–H and O–H groups in total. The normalized spacial score (nSPS) is 16.1. The SMILES string of the molecule is CCNC(=NCc1cccc(OCCN(C)C)c1)NCC1(CCO)CCCCC1.I. The van der Waals surface area contributed by atoms with Crippen LogP contribution in [0, 0.1) is 5.41 Å². The second-order valence-corrected chi connectivity index (χ2v) is 8.38. The first kappa shape index (κ1) is 27.0. The lowest BCUT2D eigenvalue weighted by Crippen LogP contribution is -2.44. The highest BCUT2D eigenvalue weighted by molar-refractivity contribution is 14.0. The van der Waals surface area contributed by atoms with Gasteiger partial charge < -0.3 is 25.4 Å². The Bertz CT molecular complexity index is 613. The van der Waals surface area contributed by atoms with Gasteiger partial charge in [0.1, 0.15) is 12.4 Å². The fraction of sp³-hybridized carbons (Fsp3) is 0.696. The summed E-state index contributed by atoms with van der Waals surface area (Å²) in [6, 6.07) is 8.17. The summed E-state index contributed by atoms with van der Waals surface area (Å²) < 4.78 is 5.83. The van der Waals surface area contributed by atoms with Gasteiger partial charge in [-0.3, -0.25) is 0 Å². The molecule has 2 rings (SSSR count). The van der Waals surface area contributed by atoms with Gasteiger partial charge in [0.2, 0.25) is 0 Å². The van der Waals surface area contributed by atoms with Crippen molar-refractivity contribution in [2.75, 3.05) is 46.9 Å². The molecule has 1 aromatic carbocycles. The molecule has 0 heterocycles. The van der Waals surface area contributed by atoms with E-state index >= 15 is 0 Å². The zero-order chi connectivity index (χ0) is 21.0. The second-order valence-electron chi connectivity index (χ2n) is 8.38. The van der Waals surface area contributed by atoms with E-state index in [9.17, 15) is 5.11 Å². The molecule has 1 saturated carbocycles. The molecule has 1 aromatic rings. The van der Waals surface area contributed by atoms with Gasteiger partial charge in [0.25, 0.3) is 0 Å². The predicted octanol–water partition coefficient (Wildman–Crippen LogP) is 3.63. The molecule has 0 saturated heterocycles. The van der Waals surface area contributed by atoms with Gasteiger partial charge in [-0.05, 0) is 63.4 Å². The fourth-order valence-corrected chi connectivity index (χ4v) is 3.92. The number of halogens is 1. The predicted molar refractivity (Wildman–Crippen MR) is 136 cm³/mol. The van der Waals surface area contributed by atoms with Gasteiger partial charge in [0.05, 0.1) is 6.54 Å². The van der Waals surface area contributed by atoms with E-state index < -0.39 is 0 Å². The van der Waals surface area contributed by atoms with Crippen molar-refractivity contribution in [3.8, 4) is 5.75 Å². The Hall–Kier alpha value is -1.06. The quantitative estimate of drug-likeness (QED) is 0.231. The maximum Gasteiger partial charge on any atom is 0.191 e. The van der Waals surface area contributed by atoms with Crippen molar-refractivity contribution in [1.82, 2.24) is 15.5 Å². The number of hydrogen-bond donors (Lipinski definition) is 3. The largest absolute Gasteiger partial charge is 0.492 e. The maximum absolute atomic E-state index is 9.53.